The van der Waals surface area contributed by atoms with E-state index >= 15 is 0 Å². The van der Waals surface area contributed by atoms with Gasteiger partial charge in [-0.2, -0.15) is 0 Å². The van der Waals surface area contributed by atoms with Crippen LogP contribution in [0.25, 0.3) is 0 Å². The first-order valence-electron chi connectivity index (χ1n) is 7.64. The van der Waals surface area contributed by atoms with Crippen LogP contribution in [0.4, 0.5) is 4.79 Å². The van der Waals surface area contributed by atoms with Crippen molar-refractivity contribution < 1.29 is 23.9 Å². The van der Waals surface area contributed by atoms with E-state index in [0.717, 1.165) is 10.5 Å². The van der Waals surface area contributed by atoms with E-state index in [9.17, 15) is 14.4 Å². The minimum atomic E-state index is -0.753. The molecule has 0 aliphatic rings. The zero-order chi connectivity index (χ0) is 18.1. The molecule has 0 spiro atoms. The maximum Gasteiger partial charge on any atom is 0.410 e. The number of carbonyl (C=O) groups excluding carboxylic acids is 3. The molecule has 7 nitrogen and oxygen atoms in total. The van der Waals surface area contributed by atoms with Crippen molar-refractivity contribution in [3.63, 3.8) is 0 Å². The fourth-order valence-corrected chi connectivity index (χ4v) is 1.95. The van der Waals surface area contributed by atoms with E-state index in [0.29, 0.717) is 0 Å². The summed E-state index contributed by atoms with van der Waals surface area (Å²) >= 11 is 0. The molecule has 1 atom stereocenters. The van der Waals surface area contributed by atoms with Crippen molar-refractivity contribution in [1.82, 2.24) is 10.2 Å². The van der Waals surface area contributed by atoms with Crippen molar-refractivity contribution in [3.05, 3.63) is 35.9 Å². The van der Waals surface area contributed by atoms with Crippen LogP contribution in [0.1, 0.15) is 19.4 Å². The molecule has 0 aliphatic heterocycles. The molecule has 1 aromatic carbocycles. The molecule has 2 amide bonds. The maximum atomic E-state index is 12.0. The quantitative estimate of drug-likeness (QED) is 0.764. The van der Waals surface area contributed by atoms with Crippen molar-refractivity contribution >= 4 is 18.0 Å². The van der Waals surface area contributed by atoms with Gasteiger partial charge in [0.15, 0.2) is 0 Å². The molecule has 0 heterocycles. The Bertz CT molecular complexity index is 559. The lowest BCUT2D eigenvalue weighted by atomic mass is 10.0. The highest BCUT2D eigenvalue weighted by Crippen LogP contribution is 2.05. The Balaban J connectivity index is 2.47. The van der Waals surface area contributed by atoms with Gasteiger partial charge in [0.25, 0.3) is 0 Å². The summed E-state index contributed by atoms with van der Waals surface area (Å²) in [5, 5.41) is 2.56. The topological polar surface area (TPSA) is 84.9 Å². The molecule has 0 aromatic heterocycles. The number of nitrogens with zero attached hydrogens (tertiary/aromatic N) is 1. The van der Waals surface area contributed by atoms with E-state index < -0.39 is 24.0 Å². The van der Waals surface area contributed by atoms with E-state index in [1.165, 1.54) is 14.2 Å². The number of esters is 1. The lowest BCUT2D eigenvalue weighted by Gasteiger charge is -2.22. The van der Waals surface area contributed by atoms with Crippen molar-refractivity contribution in [1.29, 1.82) is 0 Å². The largest absolute Gasteiger partial charge is 0.467 e. The van der Waals surface area contributed by atoms with Crippen LogP contribution < -0.4 is 5.32 Å². The lowest BCUT2D eigenvalue weighted by molar-refractivity contribution is -0.146. The van der Waals surface area contributed by atoms with Crippen molar-refractivity contribution in [2.45, 2.75) is 26.5 Å². The fourth-order valence-electron chi connectivity index (χ4n) is 1.95. The Morgan fingerprint density at radius 3 is 2.33 bits per heavy atom. The molecule has 0 saturated heterocycles. The van der Waals surface area contributed by atoms with Crippen LogP contribution in [0.3, 0.4) is 0 Å². The third-order valence-corrected chi connectivity index (χ3v) is 3.34. The highest BCUT2D eigenvalue weighted by Gasteiger charge is 2.26. The third kappa shape index (κ3) is 6.28. The molecule has 7 heteroatoms. The number of benzene rings is 1. The van der Waals surface area contributed by atoms with Crippen LogP contribution in [0.5, 0.6) is 0 Å². The Labute approximate surface area is 141 Å². The number of nitrogens with one attached hydrogen (secondary N) is 1. The van der Waals surface area contributed by atoms with Crippen molar-refractivity contribution in [3.8, 4) is 0 Å². The summed E-state index contributed by atoms with van der Waals surface area (Å²) < 4.78 is 9.78. The maximum absolute atomic E-state index is 12.0. The number of hydrogen-bond acceptors (Lipinski definition) is 5. The molecule has 1 rings (SSSR count). The summed E-state index contributed by atoms with van der Waals surface area (Å²) in [5.74, 6) is -1.11. The van der Waals surface area contributed by atoms with E-state index in [2.05, 4.69) is 10.1 Å². The van der Waals surface area contributed by atoms with E-state index in [4.69, 9.17) is 4.74 Å². The smallest absolute Gasteiger partial charge is 0.410 e. The van der Waals surface area contributed by atoms with E-state index in [1.807, 2.05) is 30.3 Å². The van der Waals surface area contributed by atoms with Gasteiger partial charge in [-0.3, -0.25) is 4.79 Å². The Kier molecular flexibility index (Phi) is 7.74. The fraction of sp³-hybridized carbons (Fsp3) is 0.471. The number of amides is 2. The van der Waals surface area contributed by atoms with Gasteiger partial charge in [-0.1, -0.05) is 44.2 Å². The average molecular weight is 336 g/mol. The molecule has 1 N–H and O–H groups in total. The van der Waals surface area contributed by atoms with Gasteiger partial charge in [0.05, 0.1) is 7.11 Å². The van der Waals surface area contributed by atoms with Gasteiger partial charge < -0.3 is 19.7 Å². The number of hydrogen-bond donors (Lipinski definition) is 1. The SMILES string of the molecule is COC(=O)[C@H](NC(=O)CN(C)C(=O)OCc1ccccc1)C(C)C. The monoisotopic (exact) mass is 336 g/mol. The van der Waals surface area contributed by atoms with Gasteiger partial charge in [-0.15, -0.1) is 0 Å². The Hall–Kier alpha value is -2.57. The molecule has 1 aromatic rings. The van der Waals surface area contributed by atoms with Crippen LogP contribution >= 0.6 is 0 Å². The molecule has 0 aliphatic carbocycles. The number of likely N-dealkylation sites (N-methyl/N-ethyl adjacent to an activating group) is 1. The summed E-state index contributed by atoms with van der Waals surface area (Å²) in [6.45, 7) is 3.50. The van der Waals surface area contributed by atoms with Crippen LogP contribution in [-0.4, -0.2) is 49.6 Å². The van der Waals surface area contributed by atoms with Crippen LogP contribution in [-0.2, 0) is 25.7 Å². The lowest BCUT2D eigenvalue weighted by Crippen LogP contribution is -2.48. The second kappa shape index (κ2) is 9.54. The van der Waals surface area contributed by atoms with E-state index in [-0.39, 0.29) is 19.1 Å². The molecular weight excluding hydrogens is 312 g/mol. The van der Waals surface area contributed by atoms with Crippen LogP contribution in [0.15, 0.2) is 30.3 Å². The average Bonchev–Trinajstić information content (AvgIpc) is 2.57. The highest BCUT2D eigenvalue weighted by molar-refractivity contribution is 5.87. The minimum Gasteiger partial charge on any atom is -0.467 e. The van der Waals surface area contributed by atoms with Gasteiger partial charge in [-0.05, 0) is 11.5 Å². The summed E-state index contributed by atoms with van der Waals surface area (Å²) in [6, 6.07) is 8.48. The van der Waals surface area contributed by atoms with Gasteiger partial charge >= 0.3 is 12.1 Å². The molecule has 0 saturated carbocycles. The van der Waals surface area contributed by atoms with Crippen LogP contribution in [0, 0.1) is 5.92 Å². The molecule has 0 fully saturated rings. The Morgan fingerprint density at radius 1 is 1.17 bits per heavy atom. The molecular formula is C17H24N2O5. The van der Waals surface area contributed by atoms with Crippen molar-refractivity contribution in [2.24, 2.45) is 5.92 Å². The third-order valence-electron chi connectivity index (χ3n) is 3.34. The number of carbonyl (C=O) groups is 3. The predicted octanol–water partition coefficient (Wildman–Crippen LogP) is 1.57. The second-order valence-corrected chi connectivity index (χ2v) is 5.71. The van der Waals surface area contributed by atoms with Gasteiger partial charge in [-0.25, -0.2) is 9.59 Å². The van der Waals surface area contributed by atoms with Gasteiger partial charge in [0.1, 0.15) is 19.2 Å². The summed E-state index contributed by atoms with van der Waals surface area (Å²) in [6.07, 6.45) is -0.617. The summed E-state index contributed by atoms with van der Waals surface area (Å²) in [5.41, 5.74) is 0.856. The summed E-state index contributed by atoms with van der Waals surface area (Å²) in [7, 11) is 2.71. The van der Waals surface area contributed by atoms with Crippen LogP contribution in [0.2, 0.25) is 0 Å². The molecule has 0 radical (unpaired) electrons. The first-order chi connectivity index (χ1) is 11.3. The molecule has 0 bridgehead atoms. The molecule has 132 valence electrons. The first kappa shape index (κ1) is 19.5. The Morgan fingerprint density at radius 2 is 1.79 bits per heavy atom. The molecule has 24 heavy (non-hydrogen) atoms. The van der Waals surface area contributed by atoms with Crippen molar-refractivity contribution in [2.75, 3.05) is 20.7 Å². The molecule has 0 unspecified atom stereocenters. The zero-order valence-corrected chi connectivity index (χ0v) is 14.4. The number of methoxy groups -OCH3 is 1. The number of rotatable bonds is 7. The first-order valence-corrected chi connectivity index (χ1v) is 7.64. The predicted molar refractivity (Wildman–Crippen MR) is 88.0 cm³/mol. The minimum absolute atomic E-state index is 0.127. The normalized spacial score (nSPS) is 11.5. The van der Waals surface area contributed by atoms with Gasteiger partial charge in [0.2, 0.25) is 5.91 Å². The standard InChI is InChI=1S/C17H24N2O5/c1-12(2)15(16(21)23-4)18-14(20)10-19(3)17(22)24-11-13-8-6-5-7-9-13/h5-9,12,15H,10-11H2,1-4H3,(H,18,20)/t15-/m1/s1. The number of ether oxygens (including phenoxy) is 2. The zero-order valence-electron chi connectivity index (χ0n) is 14.4. The summed E-state index contributed by atoms with van der Waals surface area (Å²) in [4.78, 5) is 36.7. The van der Waals surface area contributed by atoms with E-state index in [1.54, 1.807) is 13.8 Å². The van der Waals surface area contributed by atoms with Gasteiger partial charge in [0, 0.05) is 7.05 Å². The second-order valence-electron chi connectivity index (χ2n) is 5.71. The highest BCUT2D eigenvalue weighted by atomic mass is 16.6.